The average molecular weight is 469 g/mol. The third-order valence-corrected chi connectivity index (χ3v) is 7.34. The van der Waals surface area contributed by atoms with Gasteiger partial charge in [-0.2, -0.15) is 5.10 Å². The molecule has 0 spiro atoms. The minimum Gasteiger partial charge on any atom is -0.486 e. The number of aromatic nitrogens is 3. The molecule has 2 aromatic heterocycles. The summed E-state index contributed by atoms with van der Waals surface area (Å²) in [5.41, 5.74) is 2.64. The molecule has 1 N–H and O–H groups in total. The Morgan fingerprint density at radius 3 is 2.70 bits per heavy atom. The van der Waals surface area contributed by atoms with Crippen molar-refractivity contribution in [3.63, 3.8) is 0 Å². The molecule has 1 saturated heterocycles. The van der Waals surface area contributed by atoms with Crippen LogP contribution in [0.4, 0.5) is 21.0 Å². The lowest BCUT2D eigenvalue weighted by Crippen LogP contribution is -2.38. The molecule has 33 heavy (non-hydrogen) atoms. The van der Waals surface area contributed by atoms with Crippen LogP contribution in [0.1, 0.15) is 38.3 Å². The Morgan fingerprint density at radius 2 is 1.97 bits per heavy atom. The summed E-state index contributed by atoms with van der Waals surface area (Å²) >= 11 is 1.46. The highest BCUT2D eigenvalue weighted by molar-refractivity contribution is 7.18. The van der Waals surface area contributed by atoms with Crippen LogP contribution in [0.15, 0.2) is 30.5 Å². The molecule has 0 saturated carbocycles. The Kier molecular flexibility index (Phi) is 6.16. The van der Waals surface area contributed by atoms with E-state index in [1.54, 1.807) is 6.20 Å². The fourth-order valence-electron chi connectivity index (χ4n) is 4.49. The number of likely N-dealkylation sites (tertiary alicyclic amines) is 1. The number of rotatable bonds is 5. The predicted octanol–water partition coefficient (Wildman–Crippen LogP) is 4.90. The van der Waals surface area contributed by atoms with Gasteiger partial charge in [-0.25, -0.2) is 9.37 Å². The number of ether oxygens (including phenoxy) is 1. The van der Waals surface area contributed by atoms with Crippen LogP contribution in [-0.4, -0.2) is 59.4 Å². The van der Waals surface area contributed by atoms with Gasteiger partial charge in [-0.15, -0.1) is 5.10 Å². The second-order valence-electron chi connectivity index (χ2n) is 9.02. The predicted molar refractivity (Wildman–Crippen MR) is 130 cm³/mol. The summed E-state index contributed by atoms with van der Waals surface area (Å²) in [6, 6.07) is 7.79. The van der Waals surface area contributed by atoms with E-state index >= 15 is 0 Å². The molecular formula is C24H29FN6OS. The van der Waals surface area contributed by atoms with Crippen molar-refractivity contribution < 1.29 is 9.13 Å². The van der Waals surface area contributed by atoms with Crippen LogP contribution in [0.2, 0.25) is 0 Å². The number of nitrogens with zero attached hydrogens (tertiary/aromatic N) is 5. The first-order valence-electron chi connectivity index (χ1n) is 11.5. The number of thiazole rings is 1. The van der Waals surface area contributed by atoms with Crippen molar-refractivity contribution in [3.05, 3.63) is 42.0 Å². The number of hydrogen-bond donors (Lipinski definition) is 1. The number of nitrogens with one attached hydrogen (secondary N) is 1. The lowest BCUT2D eigenvalue weighted by atomic mass is 9.94. The fourth-order valence-corrected chi connectivity index (χ4v) is 5.30. The van der Waals surface area contributed by atoms with E-state index < -0.39 is 0 Å². The quantitative estimate of drug-likeness (QED) is 0.571. The highest BCUT2D eigenvalue weighted by Gasteiger charge is 2.25. The molecule has 0 unspecified atom stereocenters. The van der Waals surface area contributed by atoms with Crippen molar-refractivity contribution in [3.8, 4) is 16.2 Å². The first-order chi connectivity index (χ1) is 16.0. The van der Waals surface area contributed by atoms with Gasteiger partial charge in [-0.3, -0.25) is 0 Å². The Bertz CT molecular complexity index is 1110. The van der Waals surface area contributed by atoms with Crippen LogP contribution in [-0.2, 0) is 0 Å². The molecule has 174 valence electrons. The molecule has 0 amide bonds. The molecule has 0 bridgehead atoms. The number of fused-ring (bicyclic) bond motifs is 1. The smallest absolute Gasteiger partial charge is 0.188 e. The Morgan fingerprint density at radius 1 is 1.15 bits per heavy atom. The summed E-state index contributed by atoms with van der Waals surface area (Å²) in [4.78, 5) is 9.87. The topological polar surface area (TPSA) is 66.4 Å². The minimum atomic E-state index is -0.342. The second kappa shape index (κ2) is 9.23. The van der Waals surface area contributed by atoms with Crippen molar-refractivity contribution in [2.75, 3.05) is 43.5 Å². The Hall–Kier alpha value is -2.78. The molecule has 2 aliphatic rings. The van der Waals surface area contributed by atoms with E-state index in [4.69, 9.17) is 4.74 Å². The number of benzene rings is 1. The highest BCUT2D eigenvalue weighted by atomic mass is 32.1. The van der Waals surface area contributed by atoms with E-state index in [0.717, 1.165) is 54.3 Å². The van der Waals surface area contributed by atoms with Crippen LogP contribution >= 0.6 is 11.3 Å². The summed E-state index contributed by atoms with van der Waals surface area (Å²) in [6.07, 6.45) is 3.99. The molecule has 2 aliphatic heterocycles. The van der Waals surface area contributed by atoms with E-state index in [1.807, 2.05) is 12.1 Å². The van der Waals surface area contributed by atoms with Crippen molar-refractivity contribution >= 4 is 28.0 Å². The van der Waals surface area contributed by atoms with Crippen LogP contribution < -0.4 is 15.0 Å². The molecule has 5 rings (SSSR count). The first-order valence-corrected chi connectivity index (χ1v) is 12.3. The number of anilines is 3. The third kappa shape index (κ3) is 4.65. The number of piperidine rings is 1. The lowest BCUT2D eigenvalue weighted by Gasteiger charge is -2.34. The van der Waals surface area contributed by atoms with E-state index in [1.165, 1.54) is 17.4 Å². The Labute approximate surface area is 197 Å². The van der Waals surface area contributed by atoms with Gasteiger partial charge in [0, 0.05) is 18.2 Å². The SMILES string of the molecule is CC(C)N1CCOc2c(F)cc(-c3cnc(Nc4ccc(C5CCN(C)CC5)nn4)s3)cc21. The summed E-state index contributed by atoms with van der Waals surface area (Å²) in [5, 5.41) is 12.7. The third-order valence-electron chi connectivity index (χ3n) is 6.38. The van der Waals surface area contributed by atoms with Gasteiger partial charge in [-0.05, 0) is 76.7 Å². The van der Waals surface area contributed by atoms with Gasteiger partial charge in [0.15, 0.2) is 22.5 Å². The van der Waals surface area contributed by atoms with Gasteiger partial charge in [0.05, 0.1) is 22.8 Å². The lowest BCUT2D eigenvalue weighted by molar-refractivity contribution is 0.253. The number of halogens is 1. The van der Waals surface area contributed by atoms with E-state index in [9.17, 15) is 4.39 Å². The van der Waals surface area contributed by atoms with Gasteiger partial charge in [-0.1, -0.05) is 11.3 Å². The number of hydrogen-bond acceptors (Lipinski definition) is 8. The maximum absolute atomic E-state index is 14.8. The maximum Gasteiger partial charge on any atom is 0.188 e. The monoisotopic (exact) mass is 468 g/mol. The van der Waals surface area contributed by atoms with Crippen LogP contribution in [0.25, 0.3) is 10.4 Å². The van der Waals surface area contributed by atoms with Gasteiger partial charge in [0.1, 0.15) is 6.61 Å². The minimum absolute atomic E-state index is 0.261. The highest BCUT2D eigenvalue weighted by Crippen LogP contribution is 2.41. The largest absolute Gasteiger partial charge is 0.486 e. The van der Waals surface area contributed by atoms with Crippen LogP contribution in [0.5, 0.6) is 5.75 Å². The van der Waals surface area contributed by atoms with Crippen molar-refractivity contribution in [2.45, 2.75) is 38.6 Å². The second-order valence-corrected chi connectivity index (χ2v) is 10.0. The molecule has 1 aromatic carbocycles. The zero-order chi connectivity index (χ0) is 22.9. The van der Waals surface area contributed by atoms with Gasteiger partial charge in [0.25, 0.3) is 0 Å². The molecule has 1 fully saturated rings. The molecule has 4 heterocycles. The van der Waals surface area contributed by atoms with Crippen molar-refractivity contribution in [2.24, 2.45) is 0 Å². The standard InChI is InChI=1S/C24H29FN6OS/c1-15(2)31-10-11-32-23-18(25)12-17(13-20(23)31)21-14-26-24(33-21)27-22-5-4-19(28-29-22)16-6-8-30(3)9-7-16/h4-5,12-16H,6-11H2,1-3H3,(H,26,27,29). The normalized spacial score (nSPS) is 17.2. The zero-order valence-electron chi connectivity index (χ0n) is 19.2. The van der Waals surface area contributed by atoms with Crippen LogP contribution in [0, 0.1) is 5.82 Å². The molecular weight excluding hydrogens is 439 g/mol. The van der Waals surface area contributed by atoms with Gasteiger partial charge in [0.2, 0.25) is 0 Å². The summed E-state index contributed by atoms with van der Waals surface area (Å²) in [6.45, 7) is 7.64. The summed E-state index contributed by atoms with van der Waals surface area (Å²) < 4.78 is 20.4. The molecule has 7 nitrogen and oxygen atoms in total. The fraction of sp³-hybridized carbons (Fsp3) is 0.458. The van der Waals surface area contributed by atoms with Gasteiger partial charge < -0.3 is 19.9 Å². The van der Waals surface area contributed by atoms with E-state index in [0.29, 0.717) is 29.2 Å². The average Bonchev–Trinajstić information content (AvgIpc) is 3.28. The van der Waals surface area contributed by atoms with Crippen LogP contribution in [0.3, 0.4) is 0 Å². The summed E-state index contributed by atoms with van der Waals surface area (Å²) in [7, 11) is 2.16. The first kappa shape index (κ1) is 22.0. The van der Waals surface area contributed by atoms with Gasteiger partial charge >= 0.3 is 0 Å². The maximum atomic E-state index is 14.8. The van der Waals surface area contributed by atoms with E-state index in [2.05, 4.69) is 57.3 Å². The van der Waals surface area contributed by atoms with E-state index in [-0.39, 0.29) is 11.9 Å². The molecule has 0 radical (unpaired) electrons. The Balaban J connectivity index is 1.32. The molecule has 0 atom stereocenters. The van der Waals surface area contributed by atoms with Crippen molar-refractivity contribution in [1.82, 2.24) is 20.1 Å². The van der Waals surface area contributed by atoms with Crippen molar-refractivity contribution in [1.29, 1.82) is 0 Å². The zero-order valence-corrected chi connectivity index (χ0v) is 20.0. The molecule has 9 heteroatoms. The molecule has 0 aliphatic carbocycles. The molecule has 3 aromatic rings. The summed E-state index contributed by atoms with van der Waals surface area (Å²) in [5.74, 6) is 1.12.